The lowest BCUT2D eigenvalue weighted by Crippen LogP contribution is -2.25. The minimum Gasteiger partial charge on any atom is -0.395 e. The van der Waals surface area contributed by atoms with Gasteiger partial charge in [-0.1, -0.05) is 26.7 Å². The molecule has 0 aliphatic rings. The molecule has 3 N–H and O–H groups in total. The molecule has 0 radical (unpaired) electrons. The highest BCUT2D eigenvalue weighted by Gasteiger charge is 2.15. The van der Waals surface area contributed by atoms with E-state index in [0.717, 1.165) is 21.6 Å². The van der Waals surface area contributed by atoms with E-state index in [-0.39, 0.29) is 0 Å². The van der Waals surface area contributed by atoms with Crippen LogP contribution in [-0.2, 0) is 0 Å². The molecule has 0 saturated carbocycles. The lowest BCUT2D eigenvalue weighted by Gasteiger charge is -2.24. The summed E-state index contributed by atoms with van der Waals surface area (Å²) < 4.78 is 1.15. The molecule has 1 unspecified atom stereocenters. The van der Waals surface area contributed by atoms with Gasteiger partial charge in [-0.05, 0) is 25.0 Å². The van der Waals surface area contributed by atoms with E-state index in [1.165, 1.54) is 12.8 Å². The first-order chi connectivity index (χ1) is 8.67. The Balaban J connectivity index is 2.23. The molecule has 3 nitrogen and oxygen atoms in total. The van der Waals surface area contributed by atoms with Crippen molar-refractivity contribution in [2.24, 2.45) is 5.92 Å². The molecule has 0 spiro atoms. The molecule has 0 aliphatic carbocycles. The number of nitrogens with zero attached hydrogens (tertiary/aromatic N) is 1. The van der Waals surface area contributed by atoms with E-state index in [0.29, 0.717) is 12.0 Å². The summed E-state index contributed by atoms with van der Waals surface area (Å²) in [5.74, 6) is 0.676. The van der Waals surface area contributed by atoms with Crippen molar-refractivity contribution in [1.29, 1.82) is 0 Å². The van der Waals surface area contributed by atoms with Crippen LogP contribution in [0, 0.1) is 5.92 Å². The highest BCUT2D eigenvalue weighted by atomic mass is 32.1. The lowest BCUT2D eigenvalue weighted by atomic mass is 9.95. The van der Waals surface area contributed by atoms with Gasteiger partial charge < -0.3 is 11.1 Å². The van der Waals surface area contributed by atoms with Gasteiger partial charge >= 0.3 is 0 Å². The molecule has 0 saturated heterocycles. The predicted octanol–water partition coefficient (Wildman–Crippen LogP) is 4.12. The lowest BCUT2D eigenvalue weighted by molar-refractivity contribution is 0.438. The first-order valence-electron chi connectivity index (χ1n) is 6.55. The second-order valence-corrected chi connectivity index (χ2v) is 5.62. The van der Waals surface area contributed by atoms with Gasteiger partial charge in [0.25, 0.3) is 0 Å². The van der Waals surface area contributed by atoms with Crippen LogP contribution in [0.25, 0.3) is 10.2 Å². The first kappa shape index (κ1) is 13.1. The molecule has 2 rings (SSSR count). The first-order valence-corrected chi connectivity index (χ1v) is 7.43. The SMILES string of the molecule is CCC(CC)C(C)Nc1ccc2scnc2c1N. The molecular formula is C14H21N3S. The van der Waals surface area contributed by atoms with Crippen molar-refractivity contribution in [2.45, 2.75) is 39.7 Å². The third-order valence-electron chi connectivity index (χ3n) is 3.68. The molecule has 2 aromatic rings. The summed E-state index contributed by atoms with van der Waals surface area (Å²) in [4.78, 5) is 4.32. The minimum atomic E-state index is 0.429. The Morgan fingerprint density at radius 3 is 2.72 bits per heavy atom. The Hall–Kier alpha value is -1.29. The predicted molar refractivity (Wildman–Crippen MR) is 81.2 cm³/mol. The third kappa shape index (κ3) is 2.43. The highest BCUT2D eigenvalue weighted by Crippen LogP contribution is 2.31. The van der Waals surface area contributed by atoms with Crippen LogP contribution in [0.5, 0.6) is 0 Å². The second-order valence-electron chi connectivity index (χ2n) is 4.74. The molecule has 18 heavy (non-hydrogen) atoms. The summed E-state index contributed by atoms with van der Waals surface area (Å²) in [5, 5.41) is 3.53. The molecule has 0 aliphatic heterocycles. The van der Waals surface area contributed by atoms with Crippen LogP contribution in [0.15, 0.2) is 17.6 Å². The molecule has 0 bridgehead atoms. The van der Waals surface area contributed by atoms with Crippen molar-refractivity contribution in [3.63, 3.8) is 0 Å². The van der Waals surface area contributed by atoms with Gasteiger partial charge in [0.2, 0.25) is 0 Å². The van der Waals surface area contributed by atoms with Gasteiger partial charge in [-0.3, -0.25) is 0 Å². The maximum atomic E-state index is 6.18. The summed E-state index contributed by atoms with van der Waals surface area (Å²) in [6, 6.07) is 4.58. The highest BCUT2D eigenvalue weighted by molar-refractivity contribution is 7.16. The Morgan fingerprint density at radius 2 is 2.06 bits per heavy atom. The zero-order valence-electron chi connectivity index (χ0n) is 11.2. The second kappa shape index (κ2) is 5.57. The quantitative estimate of drug-likeness (QED) is 0.798. The van der Waals surface area contributed by atoms with Crippen LogP contribution in [0.4, 0.5) is 11.4 Å². The molecule has 0 fully saturated rings. The maximum absolute atomic E-state index is 6.18. The molecule has 98 valence electrons. The van der Waals surface area contributed by atoms with Gasteiger partial charge in [0, 0.05) is 6.04 Å². The van der Waals surface area contributed by atoms with Crippen molar-refractivity contribution in [3.05, 3.63) is 17.6 Å². The van der Waals surface area contributed by atoms with E-state index in [1.807, 2.05) is 5.51 Å². The fraction of sp³-hybridized carbons (Fsp3) is 0.500. The van der Waals surface area contributed by atoms with E-state index in [9.17, 15) is 0 Å². The number of hydrogen-bond donors (Lipinski definition) is 2. The monoisotopic (exact) mass is 263 g/mol. The van der Waals surface area contributed by atoms with Gasteiger partial charge in [0.1, 0.15) is 5.52 Å². The summed E-state index contributed by atoms with van der Waals surface area (Å²) in [7, 11) is 0. The van der Waals surface area contributed by atoms with Crippen molar-refractivity contribution < 1.29 is 0 Å². The standard InChI is InChI=1S/C14H21N3S/c1-4-10(5-2)9(3)17-11-6-7-12-14(13(11)15)16-8-18-12/h6-10,17H,4-5,15H2,1-3H3. The number of nitrogen functional groups attached to an aromatic ring is 1. The number of hydrogen-bond acceptors (Lipinski definition) is 4. The van der Waals surface area contributed by atoms with E-state index in [4.69, 9.17) is 5.73 Å². The Morgan fingerprint density at radius 1 is 1.33 bits per heavy atom. The van der Waals surface area contributed by atoms with Crippen LogP contribution in [0.3, 0.4) is 0 Å². The average molecular weight is 263 g/mol. The van der Waals surface area contributed by atoms with Crippen LogP contribution in [0.1, 0.15) is 33.6 Å². The van der Waals surface area contributed by atoms with Gasteiger partial charge in [-0.2, -0.15) is 0 Å². The Labute approximate surface area is 112 Å². The smallest absolute Gasteiger partial charge is 0.106 e. The molecule has 1 aromatic carbocycles. The molecular weight excluding hydrogens is 242 g/mol. The maximum Gasteiger partial charge on any atom is 0.106 e. The Bertz CT molecular complexity index is 517. The molecule has 4 heteroatoms. The van der Waals surface area contributed by atoms with Crippen molar-refractivity contribution >= 4 is 32.9 Å². The number of nitrogens with one attached hydrogen (secondary N) is 1. The van der Waals surface area contributed by atoms with Gasteiger partial charge in [-0.15, -0.1) is 11.3 Å². The van der Waals surface area contributed by atoms with Gasteiger partial charge in [-0.25, -0.2) is 4.98 Å². The molecule has 1 atom stereocenters. The number of benzene rings is 1. The van der Waals surface area contributed by atoms with Crippen molar-refractivity contribution in [2.75, 3.05) is 11.1 Å². The third-order valence-corrected chi connectivity index (χ3v) is 4.47. The molecule has 0 amide bonds. The van der Waals surface area contributed by atoms with Crippen LogP contribution in [-0.4, -0.2) is 11.0 Å². The van der Waals surface area contributed by atoms with E-state index < -0.39 is 0 Å². The average Bonchev–Trinajstić information content (AvgIpc) is 2.83. The number of nitrogens with two attached hydrogens (primary N) is 1. The minimum absolute atomic E-state index is 0.429. The van der Waals surface area contributed by atoms with E-state index in [2.05, 4.69) is 43.2 Å². The van der Waals surface area contributed by atoms with Crippen LogP contribution >= 0.6 is 11.3 Å². The van der Waals surface area contributed by atoms with Gasteiger partial charge in [0.15, 0.2) is 0 Å². The Kier molecular flexibility index (Phi) is 4.07. The number of aromatic nitrogens is 1. The summed E-state index contributed by atoms with van der Waals surface area (Å²) in [5.41, 5.74) is 10.7. The molecule has 1 heterocycles. The van der Waals surface area contributed by atoms with E-state index in [1.54, 1.807) is 11.3 Å². The normalized spacial score (nSPS) is 13.1. The van der Waals surface area contributed by atoms with Crippen LogP contribution < -0.4 is 11.1 Å². The fourth-order valence-corrected chi connectivity index (χ4v) is 3.13. The largest absolute Gasteiger partial charge is 0.395 e. The number of fused-ring (bicyclic) bond motifs is 1. The fourth-order valence-electron chi connectivity index (χ4n) is 2.44. The zero-order valence-corrected chi connectivity index (χ0v) is 12.1. The summed E-state index contributed by atoms with van der Waals surface area (Å²) in [6.07, 6.45) is 2.37. The van der Waals surface area contributed by atoms with Crippen molar-refractivity contribution in [3.8, 4) is 0 Å². The van der Waals surface area contributed by atoms with Crippen molar-refractivity contribution in [1.82, 2.24) is 4.98 Å². The van der Waals surface area contributed by atoms with Crippen LogP contribution in [0.2, 0.25) is 0 Å². The van der Waals surface area contributed by atoms with Gasteiger partial charge in [0.05, 0.1) is 21.6 Å². The van der Waals surface area contributed by atoms with E-state index >= 15 is 0 Å². The summed E-state index contributed by atoms with van der Waals surface area (Å²) in [6.45, 7) is 6.70. The zero-order chi connectivity index (χ0) is 13.1. The number of rotatable bonds is 5. The topological polar surface area (TPSA) is 50.9 Å². The molecule has 1 aromatic heterocycles. The number of thiazole rings is 1. The summed E-state index contributed by atoms with van der Waals surface area (Å²) >= 11 is 1.63. The number of anilines is 2.